The minimum Gasteiger partial charge on any atom is -0.336 e. The van der Waals surface area contributed by atoms with Crippen molar-refractivity contribution in [2.75, 3.05) is 5.75 Å². The number of hydrogen-bond acceptors (Lipinski definition) is 5. The topological polar surface area (TPSA) is 77.8 Å². The zero-order valence-corrected chi connectivity index (χ0v) is 16.8. The summed E-state index contributed by atoms with van der Waals surface area (Å²) in [5, 5.41) is 14.3. The standard InChI is InChI=1S/C21H21F3N4OS/c22-21(23,24)18(16-8-4-5-11-26-16)27-17(19(29)28-20(14-25)9-10-20)13-30-12-15-6-2-1-3-7-15/h1-8,11,17-18,27H,9-10,12-13H2,(H,28,29)/t17-,18-/m0/s1. The number of hydrogen-bond donors (Lipinski definition) is 2. The van der Waals surface area contributed by atoms with E-state index in [9.17, 15) is 23.2 Å². The van der Waals surface area contributed by atoms with Crippen LogP contribution in [-0.4, -0.2) is 34.4 Å². The number of alkyl halides is 3. The van der Waals surface area contributed by atoms with Crippen molar-refractivity contribution in [1.82, 2.24) is 15.6 Å². The van der Waals surface area contributed by atoms with Crippen molar-refractivity contribution in [3.05, 3.63) is 66.0 Å². The van der Waals surface area contributed by atoms with Crippen LogP contribution in [0.25, 0.3) is 0 Å². The Morgan fingerprint density at radius 2 is 1.90 bits per heavy atom. The lowest BCUT2D eigenvalue weighted by Gasteiger charge is -2.27. The van der Waals surface area contributed by atoms with Gasteiger partial charge in [-0.05, 0) is 30.5 Å². The third kappa shape index (κ3) is 5.97. The van der Waals surface area contributed by atoms with Gasteiger partial charge in [0.05, 0.1) is 17.8 Å². The van der Waals surface area contributed by atoms with Crippen molar-refractivity contribution in [1.29, 1.82) is 5.26 Å². The molecule has 1 heterocycles. The van der Waals surface area contributed by atoms with Crippen LogP contribution in [0.1, 0.15) is 30.1 Å². The van der Waals surface area contributed by atoms with Crippen LogP contribution in [0, 0.1) is 11.3 Å². The SMILES string of the molecule is N#CC1(NC(=O)[C@H](CSCc2ccccc2)N[C@@H](c2ccccn2)C(F)(F)F)CC1. The molecule has 0 unspecified atom stereocenters. The highest BCUT2D eigenvalue weighted by Gasteiger charge is 2.47. The van der Waals surface area contributed by atoms with Crippen molar-refractivity contribution >= 4 is 17.7 Å². The number of rotatable bonds is 9. The lowest BCUT2D eigenvalue weighted by molar-refractivity contribution is -0.161. The number of aromatic nitrogens is 1. The molecule has 1 aliphatic carbocycles. The van der Waals surface area contributed by atoms with Gasteiger partial charge in [0.25, 0.3) is 0 Å². The second kappa shape index (κ2) is 9.49. The van der Waals surface area contributed by atoms with Gasteiger partial charge in [-0.1, -0.05) is 36.4 Å². The lowest BCUT2D eigenvalue weighted by Crippen LogP contribution is -2.53. The smallest absolute Gasteiger partial charge is 0.336 e. The number of thioether (sulfide) groups is 1. The van der Waals surface area contributed by atoms with Gasteiger partial charge in [-0.15, -0.1) is 0 Å². The Morgan fingerprint density at radius 1 is 1.20 bits per heavy atom. The minimum absolute atomic E-state index is 0.113. The predicted molar refractivity (Wildman–Crippen MR) is 108 cm³/mol. The summed E-state index contributed by atoms with van der Waals surface area (Å²) < 4.78 is 41.2. The Kier molecular flexibility index (Phi) is 7.00. The fraction of sp³-hybridized carbons (Fsp3) is 0.381. The molecule has 1 aromatic heterocycles. The summed E-state index contributed by atoms with van der Waals surface area (Å²) in [4.78, 5) is 16.6. The van der Waals surface area contributed by atoms with Crippen molar-refractivity contribution in [2.45, 2.75) is 42.4 Å². The highest BCUT2D eigenvalue weighted by atomic mass is 32.2. The van der Waals surface area contributed by atoms with Crippen LogP contribution in [0.5, 0.6) is 0 Å². The fourth-order valence-corrected chi connectivity index (χ4v) is 3.91. The molecule has 1 aliphatic rings. The molecule has 1 amide bonds. The Hall–Kier alpha value is -2.57. The van der Waals surface area contributed by atoms with E-state index in [0.717, 1.165) is 5.56 Å². The third-order valence-corrected chi connectivity index (χ3v) is 5.82. The minimum atomic E-state index is -4.64. The maximum Gasteiger partial charge on any atom is 0.409 e. The van der Waals surface area contributed by atoms with Crippen molar-refractivity contribution < 1.29 is 18.0 Å². The molecule has 3 rings (SSSR count). The largest absolute Gasteiger partial charge is 0.409 e. The number of nitrogens with one attached hydrogen (secondary N) is 2. The molecule has 1 aromatic carbocycles. The maximum atomic E-state index is 13.7. The van der Waals surface area contributed by atoms with Crippen molar-refractivity contribution in [2.24, 2.45) is 0 Å². The molecule has 2 atom stereocenters. The summed E-state index contributed by atoms with van der Waals surface area (Å²) in [5.41, 5.74) is -0.161. The van der Waals surface area contributed by atoms with Crippen LogP contribution in [0.2, 0.25) is 0 Å². The molecule has 2 N–H and O–H groups in total. The van der Waals surface area contributed by atoms with Gasteiger partial charge >= 0.3 is 6.18 Å². The van der Waals surface area contributed by atoms with Gasteiger partial charge in [0, 0.05) is 17.7 Å². The molecule has 0 aliphatic heterocycles. The van der Waals surface area contributed by atoms with Gasteiger partial charge in [0.1, 0.15) is 11.6 Å². The number of carbonyl (C=O) groups excluding carboxylic acids is 1. The summed E-state index contributed by atoms with van der Waals surface area (Å²) in [6.07, 6.45) is -2.35. The molecule has 9 heteroatoms. The van der Waals surface area contributed by atoms with E-state index in [2.05, 4.69) is 15.6 Å². The quantitative estimate of drug-likeness (QED) is 0.629. The van der Waals surface area contributed by atoms with Gasteiger partial charge < -0.3 is 5.32 Å². The summed E-state index contributed by atoms with van der Waals surface area (Å²) >= 11 is 1.35. The lowest BCUT2D eigenvalue weighted by atomic mass is 10.1. The normalized spacial score (nSPS) is 16.9. The molecular formula is C21H21F3N4OS. The Balaban J connectivity index is 1.74. The number of halogens is 3. The zero-order valence-electron chi connectivity index (χ0n) is 16.0. The van der Waals surface area contributed by atoms with Crippen molar-refractivity contribution in [3.63, 3.8) is 0 Å². The molecule has 0 saturated heterocycles. The second-order valence-corrected chi connectivity index (χ2v) is 8.16. The third-order valence-electron chi connectivity index (χ3n) is 4.72. The average Bonchev–Trinajstić information content (AvgIpc) is 3.51. The predicted octanol–water partition coefficient (Wildman–Crippen LogP) is 3.75. The molecular weight excluding hydrogens is 413 g/mol. The van der Waals surface area contributed by atoms with E-state index in [0.29, 0.717) is 18.6 Å². The van der Waals surface area contributed by atoms with E-state index in [1.54, 1.807) is 0 Å². The Bertz CT molecular complexity index is 883. The molecule has 5 nitrogen and oxygen atoms in total. The first-order valence-electron chi connectivity index (χ1n) is 9.42. The van der Waals surface area contributed by atoms with Crippen LogP contribution < -0.4 is 10.6 Å². The first-order chi connectivity index (χ1) is 14.3. The van der Waals surface area contributed by atoms with E-state index in [-0.39, 0.29) is 11.4 Å². The number of nitrogens with zero attached hydrogens (tertiary/aromatic N) is 2. The highest BCUT2D eigenvalue weighted by molar-refractivity contribution is 7.98. The van der Waals surface area contributed by atoms with E-state index < -0.39 is 29.7 Å². The number of pyridine rings is 1. The average molecular weight is 434 g/mol. The van der Waals surface area contributed by atoms with Crippen LogP contribution in [0.3, 0.4) is 0 Å². The molecule has 1 saturated carbocycles. The van der Waals surface area contributed by atoms with Crippen LogP contribution in [0.15, 0.2) is 54.7 Å². The number of carbonyl (C=O) groups is 1. The van der Waals surface area contributed by atoms with Crippen LogP contribution in [-0.2, 0) is 10.5 Å². The van der Waals surface area contributed by atoms with Crippen LogP contribution in [0.4, 0.5) is 13.2 Å². The molecule has 158 valence electrons. The molecule has 2 aromatic rings. The second-order valence-electron chi connectivity index (χ2n) is 7.13. The monoisotopic (exact) mass is 434 g/mol. The molecule has 0 bridgehead atoms. The molecule has 0 radical (unpaired) electrons. The highest BCUT2D eigenvalue weighted by Crippen LogP contribution is 2.35. The fourth-order valence-electron chi connectivity index (χ4n) is 2.88. The van der Waals surface area contributed by atoms with E-state index >= 15 is 0 Å². The Labute approximate surface area is 177 Å². The van der Waals surface area contributed by atoms with Gasteiger partial charge in [-0.2, -0.15) is 30.2 Å². The van der Waals surface area contributed by atoms with Gasteiger partial charge in [0.15, 0.2) is 0 Å². The number of amides is 1. The van der Waals surface area contributed by atoms with E-state index in [1.807, 2.05) is 36.4 Å². The van der Waals surface area contributed by atoms with E-state index in [4.69, 9.17) is 0 Å². The molecule has 30 heavy (non-hydrogen) atoms. The van der Waals surface area contributed by atoms with Gasteiger partial charge in [-0.25, -0.2) is 0 Å². The summed E-state index contributed by atoms with van der Waals surface area (Å²) in [7, 11) is 0. The summed E-state index contributed by atoms with van der Waals surface area (Å²) in [5.74, 6) is 0.0530. The van der Waals surface area contributed by atoms with Gasteiger partial charge in [-0.3, -0.25) is 15.1 Å². The number of benzene rings is 1. The summed E-state index contributed by atoms with van der Waals surface area (Å²) in [6.45, 7) is 0. The summed E-state index contributed by atoms with van der Waals surface area (Å²) in [6, 6.07) is 12.5. The Morgan fingerprint density at radius 3 is 2.47 bits per heavy atom. The van der Waals surface area contributed by atoms with Crippen molar-refractivity contribution in [3.8, 4) is 6.07 Å². The molecule has 1 fully saturated rings. The van der Waals surface area contributed by atoms with Crippen LogP contribution >= 0.6 is 11.8 Å². The number of nitriles is 1. The van der Waals surface area contributed by atoms with E-state index in [1.165, 1.54) is 36.2 Å². The first kappa shape index (κ1) is 22.1. The zero-order chi connectivity index (χ0) is 21.6. The molecule has 0 spiro atoms. The maximum absolute atomic E-state index is 13.7. The first-order valence-corrected chi connectivity index (χ1v) is 10.6. The van der Waals surface area contributed by atoms with Gasteiger partial charge in [0.2, 0.25) is 5.91 Å².